The third kappa shape index (κ3) is 4.86. The topological polar surface area (TPSA) is 55.4 Å². The summed E-state index contributed by atoms with van der Waals surface area (Å²) in [5, 5.41) is 3.72. The largest absolute Gasteiger partial charge is 0.449 e. The highest BCUT2D eigenvalue weighted by atomic mass is 35.5. The number of halogens is 3. The van der Waals surface area contributed by atoms with Crippen molar-refractivity contribution in [1.82, 2.24) is 0 Å². The van der Waals surface area contributed by atoms with Gasteiger partial charge >= 0.3 is 5.97 Å². The number of hydrogen-bond donors (Lipinski definition) is 1. The molecule has 0 heterocycles. The van der Waals surface area contributed by atoms with Crippen LogP contribution in [0.4, 0.5) is 5.69 Å². The van der Waals surface area contributed by atoms with Crippen LogP contribution in [-0.2, 0) is 9.53 Å². The number of amides is 1. The van der Waals surface area contributed by atoms with Crippen molar-refractivity contribution in [2.24, 2.45) is 0 Å². The fourth-order valence-electron chi connectivity index (χ4n) is 1.72. The summed E-state index contributed by atoms with van der Waals surface area (Å²) in [5.74, 6) is -1.15. The van der Waals surface area contributed by atoms with Crippen molar-refractivity contribution < 1.29 is 14.3 Å². The molecule has 0 spiro atoms. The average Bonchev–Trinajstić information content (AvgIpc) is 2.49. The summed E-state index contributed by atoms with van der Waals surface area (Å²) >= 11 is 17.6. The summed E-state index contributed by atoms with van der Waals surface area (Å²) in [7, 11) is 0. The van der Waals surface area contributed by atoms with Crippen LogP contribution < -0.4 is 5.32 Å². The Kier molecular flexibility index (Phi) is 5.88. The minimum atomic E-state index is -1.01. The first kappa shape index (κ1) is 17.6. The maximum atomic E-state index is 12.1. The predicted octanol–water partition coefficient (Wildman–Crippen LogP) is 4.83. The highest BCUT2D eigenvalue weighted by molar-refractivity contribution is 6.36. The maximum Gasteiger partial charge on any atom is 0.338 e. The molecular formula is C16H12Cl3NO3. The molecule has 0 aliphatic rings. The number of anilines is 1. The number of esters is 1. The number of nitrogens with one attached hydrogen (secondary N) is 1. The van der Waals surface area contributed by atoms with Gasteiger partial charge in [-0.3, -0.25) is 4.79 Å². The molecule has 0 bridgehead atoms. The van der Waals surface area contributed by atoms with Crippen LogP contribution in [0.2, 0.25) is 15.1 Å². The Labute approximate surface area is 148 Å². The Morgan fingerprint density at radius 1 is 1.04 bits per heavy atom. The van der Waals surface area contributed by atoms with Crippen LogP contribution in [0.5, 0.6) is 0 Å². The Morgan fingerprint density at radius 2 is 1.74 bits per heavy atom. The summed E-state index contributed by atoms with van der Waals surface area (Å²) < 4.78 is 5.11. The summed E-state index contributed by atoms with van der Waals surface area (Å²) in [6.07, 6.45) is -1.01. The fraction of sp³-hybridized carbons (Fsp3) is 0.125. The molecule has 0 aromatic heterocycles. The molecule has 1 unspecified atom stereocenters. The zero-order valence-electron chi connectivity index (χ0n) is 12.0. The first-order valence-electron chi connectivity index (χ1n) is 6.59. The van der Waals surface area contributed by atoms with Crippen LogP contribution in [0.1, 0.15) is 17.3 Å². The first-order chi connectivity index (χ1) is 10.9. The average molecular weight is 373 g/mol. The zero-order valence-corrected chi connectivity index (χ0v) is 14.2. The van der Waals surface area contributed by atoms with Gasteiger partial charge in [-0.1, -0.05) is 40.9 Å². The minimum Gasteiger partial charge on any atom is -0.449 e. The van der Waals surface area contributed by atoms with Crippen molar-refractivity contribution in [3.05, 3.63) is 63.1 Å². The Morgan fingerprint density at radius 3 is 2.39 bits per heavy atom. The molecular weight excluding hydrogens is 361 g/mol. The van der Waals surface area contributed by atoms with Gasteiger partial charge in [0.05, 0.1) is 16.3 Å². The number of rotatable bonds is 4. The predicted molar refractivity (Wildman–Crippen MR) is 91.4 cm³/mol. The van der Waals surface area contributed by atoms with Crippen molar-refractivity contribution in [3.63, 3.8) is 0 Å². The number of ether oxygens (including phenoxy) is 1. The lowest BCUT2D eigenvalue weighted by atomic mass is 10.2. The van der Waals surface area contributed by atoms with Crippen LogP contribution in [0.25, 0.3) is 0 Å². The van der Waals surface area contributed by atoms with Gasteiger partial charge in [-0.05, 0) is 43.3 Å². The molecule has 2 aromatic rings. The maximum absolute atomic E-state index is 12.1. The third-order valence-corrected chi connectivity index (χ3v) is 3.69. The zero-order chi connectivity index (χ0) is 17.0. The standard InChI is InChI=1S/C16H12Cl3NO3/c1-9(23-16(22)10-3-2-4-11(17)7-10)15(21)20-14-6-5-12(18)8-13(14)19/h2-9H,1H3,(H,20,21). The van der Waals surface area contributed by atoms with E-state index in [9.17, 15) is 9.59 Å². The lowest BCUT2D eigenvalue weighted by molar-refractivity contribution is -0.123. The van der Waals surface area contributed by atoms with E-state index in [1.54, 1.807) is 30.3 Å². The van der Waals surface area contributed by atoms with Gasteiger partial charge in [-0.2, -0.15) is 0 Å². The normalized spacial score (nSPS) is 11.7. The van der Waals surface area contributed by atoms with E-state index in [1.807, 2.05) is 0 Å². The van der Waals surface area contributed by atoms with Gasteiger partial charge in [0.25, 0.3) is 5.91 Å². The molecule has 1 atom stereocenters. The van der Waals surface area contributed by atoms with E-state index in [0.717, 1.165) is 0 Å². The molecule has 2 aromatic carbocycles. The van der Waals surface area contributed by atoms with Crippen molar-refractivity contribution in [1.29, 1.82) is 0 Å². The summed E-state index contributed by atoms with van der Waals surface area (Å²) in [4.78, 5) is 24.0. The first-order valence-corrected chi connectivity index (χ1v) is 7.72. The van der Waals surface area contributed by atoms with E-state index in [4.69, 9.17) is 39.5 Å². The minimum absolute atomic E-state index is 0.265. The van der Waals surface area contributed by atoms with Crippen LogP contribution in [0.15, 0.2) is 42.5 Å². The fourth-order valence-corrected chi connectivity index (χ4v) is 2.37. The molecule has 7 heteroatoms. The molecule has 23 heavy (non-hydrogen) atoms. The molecule has 1 N–H and O–H groups in total. The Hall–Kier alpha value is -1.75. The molecule has 4 nitrogen and oxygen atoms in total. The Bertz CT molecular complexity index is 749. The van der Waals surface area contributed by atoms with Gasteiger partial charge in [0, 0.05) is 10.0 Å². The Balaban J connectivity index is 2.01. The van der Waals surface area contributed by atoms with E-state index in [0.29, 0.717) is 20.8 Å². The van der Waals surface area contributed by atoms with E-state index >= 15 is 0 Å². The highest BCUT2D eigenvalue weighted by Gasteiger charge is 2.20. The quantitative estimate of drug-likeness (QED) is 0.782. The van der Waals surface area contributed by atoms with E-state index < -0.39 is 18.0 Å². The van der Waals surface area contributed by atoms with Gasteiger partial charge in [0.15, 0.2) is 6.10 Å². The molecule has 0 fully saturated rings. The van der Waals surface area contributed by atoms with Crippen LogP contribution in [0.3, 0.4) is 0 Å². The molecule has 0 saturated carbocycles. The number of benzene rings is 2. The van der Waals surface area contributed by atoms with Crippen molar-refractivity contribution in [2.75, 3.05) is 5.32 Å². The molecule has 0 aliphatic heterocycles. The third-order valence-electron chi connectivity index (χ3n) is 2.90. The van der Waals surface area contributed by atoms with E-state index in [-0.39, 0.29) is 5.56 Å². The second-order valence-corrected chi connectivity index (χ2v) is 5.95. The monoisotopic (exact) mass is 371 g/mol. The van der Waals surface area contributed by atoms with Crippen LogP contribution in [0, 0.1) is 0 Å². The van der Waals surface area contributed by atoms with Crippen molar-refractivity contribution >= 4 is 52.4 Å². The summed E-state index contributed by atoms with van der Waals surface area (Å²) in [6.45, 7) is 1.46. The smallest absolute Gasteiger partial charge is 0.338 e. The highest BCUT2D eigenvalue weighted by Crippen LogP contribution is 2.25. The van der Waals surface area contributed by atoms with Gasteiger partial charge in [-0.15, -0.1) is 0 Å². The lowest BCUT2D eigenvalue weighted by Crippen LogP contribution is -2.30. The van der Waals surface area contributed by atoms with Crippen LogP contribution >= 0.6 is 34.8 Å². The van der Waals surface area contributed by atoms with Gasteiger partial charge in [-0.25, -0.2) is 4.79 Å². The number of hydrogen-bond acceptors (Lipinski definition) is 3. The van der Waals surface area contributed by atoms with Gasteiger partial charge in [0.2, 0.25) is 0 Å². The number of carbonyl (C=O) groups excluding carboxylic acids is 2. The molecule has 0 aliphatic carbocycles. The molecule has 0 saturated heterocycles. The second-order valence-electron chi connectivity index (χ2n) is 4.67. The second kappa shape index (κ2) is 7.68. The van der Waals surface area contributed by atoms with E-state index in [1.165, 1.54) is 19.1 Å². The summed E-state index contributed by atoms with van der Waals surface area (Å²) in [6, 6.07) is 10.9. The molecule has 0 radical (unpaired) electrons. The van der Waals surface area contributed by atoms with E-state index in [2.05, 4.69) is 5.32 Å². The lowest BCUT2D eigenvalue weighted by Gasteiger charge is -2.14. The van der Waals surface area contributed by atoms with Gasteiger partial charge in [0.1, 0.15) is 0 Å². The number of carbonyl (C=O) groups is 2. The van der Waals surface area contributed by atoms with Crippen molar-refractivity contribution in [3.8, 4) is 0 Å². The summed E-state index contributed by atoms with van der Waals surface area (Å²) in [5.41, 5.74) is 0.647. The molecule has 2 rings (SSSR count). The molecule has 1 amide bonds. The molecule has 120 valence electrons. The van der Waals surface area contributed by atoms with Crippen molar-refractivity contribution in [2.45, 2.75) is 13.0 Å². The van der Waals surface area contributed by atoms with Gasteiger partial charge < -0.3 is 10.1 Å². The SMILES string of the molecule is CC(OC(=O)c1cccc(Cl)c1)C(=O)Nc1ccc(Cl)cc1Cl. The van der Waals surface area contributed by atoms with Crippen LogP contribution in [-0.4, -0.2) is 18.0 Å².